The van der Waals surface area contributed by atoms with Crippen LogP contribution in [-0.2, 0) is 0 Å². The Morgan fingerprint density at radius 1 is 1.08 bits per heavy atom. The van der Waals surface area contributed by atoms with E-state index in [0.29, 0.717) is 13.1 Å². The first-order valence-electron chi connectivity index (χ1n) is 8.85. The molecule has 2 aromatic carbocycles. The molecule has 0 aliphatic carbocycles. The van der Waals surface area contributed by atoms with Crippen LogP contribution in [0.3, 0.4) is 0 Å². The van der Waals surface area contributed by atoms with Gasteiger partial charge in [0.1, 0.15) is 0 Å². The summed E-state index contributed by atoms with van der Waals surface area (Å²) < 4.78 is 0. The van der Waals surface area contributed by atoms with Crippen molar-refractivity contribution in [3.8, 4) is 0 Å². The van der Waals surface area contributed by atoms with Gasteiger partial charge >= 0.3 is 0 Å². The Morgan fingerprint density at radius 2 is 1.72 bits per heavy atom. The fourth-order valence-electron chi connectivity index (χ4n) is 3.01. The average molecular weight is 359 g/mol. The highest BCUT2D eigenvalue weighted by atomic mass is 35.5. The SMILES string of the molecule is CCN(CC)C(CNCC(=O)c1ccc(C)cc1)c1ccccc1Cl. The van der Waals surface area contributed by atoms with Crippen molar-refractivity contribution in [1.82, 2.24) is 10.2 Å². The van der Waals surface area contributed by atoms with Gasteiger partial charge in [-0.15, -0.1) is 0 Å². The van der Waals surface area contributed by atoms with E-state index in [0.717, 1.165) is 34.8 Å². The number of ketones is 1. The number of hydrogen-bond donors (Lipinski definition) is 1. The van der Waals surface area contributed by atoms with Crippen LogP contribution in [0.15, 0.2) is 48.5 Å². The van der Waals surface area contributed by atoms with E-state index in [1.807, 2.05) is 49.4 Å². The molecule has 0 heterocycles. The maximum Gasteiger partial charge on any atom is 0.176 e. The lowest BCUT2D eigenvalue weighted by molar-refractivity contribution is 0.0987. The minimum Gasteiger partial charge on any atom is -0.308 e. The standard InChI is InChI=1S/C21H27ClN2O/c1-4-24(5-2)20(18-8-6-7-9-19(18)22)14-23-15-21(25)17-12-10-16(3)11-13-17/h6-13,20,23H,4-5,14-15H2,1-3H3. The first-order chi connectivity index (χ1) is 12.1. The maximum absolute atomic E-state index is 12.3. The van der Waals surface area contributed by atoms with Gasteiger partial charge in [-0.2, -0.15) is 0 Å². The molecule has 1 N–H and O–H groups in total. The van der Waals surface area contributed by atoms with Crippen molar-refractivity contribution < 1.29 is 4.79 Å². The molecule has 134 valence electrons. The van der Waals surface area contributed by atoms with Crippen LogP contribution in [0.25, 0.3) is 0 Å². The van der Waals surface area contributed by atoms with Gasteiger partial charge in [-0.1, -0.05) is 73.5 Å². The zero-order valence-corrected chi connectivity index (χ0v) is 16.0. The molecular formula is C21H27ClN2O. The number of carbonyl (C=O) groups is 1. The van der Waals surface area contributed by atoms with Crippen LogP contribution in [0.4, 0.5) is 0 Å². The molecule has 0 radical (unpaired) electrons. The number of rotatable bonds is 9. The molecule has 0 aliphatic rings. The van der Waals surface area contributed by atoms with Crippen molar-refractivity contribution in [3.05, 3.63) is 70.2 Å². The summed E-state index contributed by atoms with van der Waals surface area (Å²) >= 11 is 6.41. The molecule has 3 nitrogen and oxygen atoms in total. The highest BCUT2D eigenvalue weighted by Gasteiger charge is 2.20. The Kier molecular flexibility index (Phi) is 7.63. The molecule has 0 saturated carbocycles. The number of likely N-dealkylation sites (N-methyl/N-ethyl adjacent to an activating group) is 1. The number of carbonyl (C=O) groups excluding carboxylic acids is 1. The minimum absolute atomic E-state index is 0.109. The van der Waals surface area contributed by atoms with Gasteiger partial charge in [0.05, 0.1) is 6.54 Å². The molecule has 4 heteroatoms. The quantitative estimate of drug-likeness (QED) is 0.669. The van der Waals surface area contributed by atoms with E-state index >= 15 is 0 Å². The second-order valence-electron chi connectivity index (χ2n) is 6.18. The Labute approximate surface area is 156 Å². The van der Waals surface area contributed by atoms with Crippen molar-refractivity contribution >= 4 is 17.4 Å². The number of aryl methyl sites for hydroxylation is 1. The fourth-order valence-corrected chi connectivity index (χ4v) is 3.27. The molecule has 1 unspecified atom stereocenters. The summed E-state index contributed by atoms with van der Waals surface area (Å²) in [6, 6.07) is 15.8. The van der Waals surface area contributed by atoms with Crippen molar-refractivity contribution in [2.75, 3.05) is 26.2 Å². The fraction of sp³-hybridized carbons (Fsp3) is 0.381. The zero-order valence-electron chi connectivity index (χ0n) is 15.3. The zero-order chi connectivity index (χ0) is 18.2. The van der Waals surface area contributed by atoms with Crippen LogP contribution in [0.2, 0.25) is 5.02 Å². The molecule has 0 aliphatic heterocycles. The third-order valence-corrected chi connectivity index (χ3v) is 4.86. The highest BCUT2D eigenvalue weighted by Crippen LogP contribution is 2.26. The predicted octanol–water partition coefficient (Wildman–Crippen LogP) is 4.50. The molecule has 0 fully saturated rings. The lowest BCUT2D eigenvalue weighted by atomic mass is 10.0. The lowest BCUT2D eigenvalue weighted by Gasteiger charge is -2.31. The summed E-state index contributed by atoms with van der Waals surface area (Å²) in [6.07, 6.45) is 0. The van der Waals surface area contributed by atoms with Crippen LogP contribution < -0.4 is 5.32 Å². The van der Waals surface area contributed by atoms with Crippen LogP contribution in [0.5, 0.6) is 0 Å². The van der Waals surface area contributed by atoms with Crippen LogP contribution in [0, 0.1) is 6.92 Å². The summed E-state index contributed by atoms with van der Waals surface area (Å²) in [5.41, 5.74) is 3.00. The monoisotopic (exact) mass is 358 g/mol. The van der Waals surface area contributed by atoms with Gasteiger partial charge < -0.3 is 5.32 Å². The lowest BCUT2D eigenvalue weighted by Crippen LogP contribution is -2.37. The van der Waals surface area contributed by atoms with Gasteiger partial charge in [-0.3, -0.25) is 9.69 Å². The topological polar surface area (TPSA) is 32.3 Å². The number of nitrogens with one attached hydrogen (secondary N) is 1. The Morgan fingerprint density at radius 3 is 2.32 bits per heavy atom. The third kappa shape index (κ3) is 5.40. The summed E-state index contributed by atoms with van der Waals surface area (Å²) in [7, 11) is 0. The van der Waals surface area contributed by atoms with E-state index in [1.165, 1.54) is 0 Å². The minimum atomic E-state index is 0.109. The molecule has 2 aromatic rings. The molecule has 0 amide bonds. The smallest absolute Gasteiger partial charge is 0.176 e. The van der Waals surface area contributed by atoms with Gasteiger partial charge in [-0.25, -0.2) is 0 Å². The molecule has 0 aromatic heterocycles. The Balaban J connectivity index is 2.03. The number of hydrogen-bond acceptors (Lipinski definition) is 3. The number of halogens is 1. The van der Waals surface area contributed by atoms with Crippen molar-refractivity contribution in [2.24, 2.45) is 0 Å². The normalized spacial score (nSPS) is 12.4. The van der Waals surface area contributed by atoms with Gasteiger partial charge in [0.2, 0.25) is 0 Å². The van der Waals surface area contributed by atoms with E-state index in [4.69, 9.17) is 11.6 Å². The van der Waals surface area contributed by atoms with Crippen molar-refractivity contribution in [2.45, 2.75) is 26.8 Å². The summed E-state index contributed by atoms with van der Waals surface area (Å²) in [5.74, 6) is 0.109. The number of benzene rings is 2. The Bertz CT molecular complexity index is 681. The van der Waals surface area contributed by atoms with Gasteiger partial charge in [0.25, 0.3) is 0 Å². The predicted molar refractivity (Wildman–Crippen MR) is 105 cm³/mol. The first-order valence-corrected chi connectivity index (χ1v) is 9.23. The van der Waals surface area contributed by atoms with Crippen molar-refractivity contribution in [1.29, 1.82) is 0 Å². The van der Waals surface area contributed by atoms with Crippen LogP contribution >= 0.6 is 11.6 Å². The molecule has 1 atom stereocenters. The van der Waals surface area contributed by atoms with E-state index in [9.17, 15) is 4.79 Å². The summed E-state index contributed by atoms with van der Waals surface area (Å²) in [6.45, 7) is 9.18. The van der Waals surface area contributed by atoms with Crippen molar-refractivity contribution in [3.63, 3.8) is 0 Å². The van der Waals surface area contributed by atoms with Crippen LogP contribution in [0.1, 0.15) is 41.4 Å². The molecule has 0 saturated heterocycles. The van der Waals surface area contributed by atoms with Gasteiger partial charge in [-0.05, 0) is 31.6 Å². The average Bonchev–Trinajstić information content (AvgIpc) is 2.62. The molecule has 2 rings (SSSR count). The summed E-state index contributed by atoms with van der Waals surface area (Å²) in [5, 5.41) is 4.09. The third-order valence-electron chi connectivity index (χ3n) is 4.51. The second-order valence-corrected chi connectivity index (χ2v) is 6.59. The highest BCUT2D eigenvalue weighted by molar-refractivity contribution is 6.31. The van der Waals surface area contributed by atoms with E-state index < -0.39 is 0 Å². The molecular weight excluding hydrogens is 332 g/mol. The second kappa shape index (κ2) is 9.71. The number of nitrogens with zero attached hydrogens (tertiary/aromatic N) is 1. The summed E-state index contributed by atoms with van der Waals surface area (Å²) in [4.78, 5) is 14.7. The first kappa shape index (κ1) is 19.6. The van der Waals surface area contributed by atoms with Gasteiger partial charge in [0.15, 0.2) is 5.78 Å². The van der Waals surface area contributed by atoms with Crippen LogP contribution in [-0.4, -0.2) is 36.9 Å². The largest absolute Gasteiger partial charge is 0.308 e. The number of Topliss-reactive ketones (excluding diaryl/α,β-unsaturated/α-hetero) is 1. The molecule has 0 spiro atoms. The van der Waals surface area contributed by atoms with E-state index in [2.05, 4.69) is 30.1 Å². The molecule has 0 bridgehead atoms. The van der Waals surface area contributed by atoms with E-state index in [-0.39, 0.29) is 11.8 Å². The molecule has 25 heavy (non-hydrogen) atoms. The van der Waals surface area contributed by atoms with E-state index in [1.54, 1.807) is 0 Å². The maximum atomic E-state index is 12.3. The Hall–Kier alpha value is -1.68. The van der Waals surface area contributed by atoms with Gasteiger partial charge in [0, 0.05) is 23.2 Å².